The summed E-state index contributed by atoms with van der Waals surface area (Å²) < 4.78 is 0. The Kier molecular flexibility index (Phi) is 4.40. The molecule has 0 spiro atoms. The number of rotatable bonds is 7. The highest BCUT2D eigenvalue weighted by molar-refractivity contribution is 7.10. The zero-order chi connectivity index (χ0) is 13.1. The van der Waals surface area contributed by atoms with Gasteiger partial charge in [-0.05, 0) is 43.7 Å². The molecule has 2 rings (SSSR count). The average molecular weight is 267 g/mol. The third kappa shape index (κ3) is 3.12. The standard InChI is InChI=1S/C14H21NO2S/c1-3-15(10(2)9-13(16)17)14(11-6-7-11)12-5-4-8-18-12/h4-5,8,10-11,14H,3,6-7,9H2,1-2H3,(H,16,17). The summed E-state index contributed by atoms with van der Waals surface area (Å²) in [6, 6.07) is 4.79. The summed E-state index contributed by atoms with van der Waals surface area (Å²) in [6.45, 7) is 5.06. The summed E-state index contributed by atoms with van der Waals surface area (Å²) >= 11 is 1.79. The molecule has 1 aromatic heterocycles. The topological polar surface area (TPSA) is 40.5 Å². The van der Waals surface area contributed by atoms with E-state index in [-0.39, 0.29) is 12.5 Å². The van der Waals surface area contributed by atoms with E-state index in [2.05, 4.69) is 29.3 Å². The fourth-order valence-electron chi connectivity index (χ4n) is 2.69. The molecule has 0 saturated heterocycles. The van der Waals surface area contributed by atoms with Gasteiger partial charge in [0.15, 0.2) is 0 Å². The minimum atomic E-state index is -0.707. The summed E-state index contributed by atoms with van der Waals surface area (Å²) in [5.74, 6) is 0.0153. The molecule has 1 N–H and O–H groups in total. The molecule has 1 aromatic rings. The number of aliphatic carboxylic acids is 1. The largest absolute Gasteiger partial charge is 0.481 e. The van der Waals surface area contributed by atoms with E-state index in [0.29, 0.717) is 6.04 Å². The Morgan fingerprint density at radius 2 is 2.33 bits per heavy atom. The van der Waals surface area contributed by atoms with Crippen molar-refractivity contribution in [2.24, 2.45) is 5.92 Å². The zero-order valence-corrected chi connectivity index (χ0v) is 11.8. The molecule has 1 fully saturated rings. The predicted molar refractivity (Wildman–Crippen MR) is 73.9 cm³/mol. The third-order valence-electron chi connectivity index (χ3n) is 3.66. The monoisotopic (exact) mass is 267 g/mol. The first-order valence-electron chi connectivity index (χ1n) is 6.64. The molecule has 3 nitrogen and oxygen atoms in total. The van der Waals surface area contributed by atoms with E-state index in [1.807, 2.05) is 6.92 Å². The van der Waals surface area contributed by atoms with Crippen molar-refractivity contribution in [2.75, 3.05) is 6.54 Å². The van der Waals surface area contributed by atoms with E-state index in [9.17, 15) is 4.79 Å². The lowest BCUT2D eigenvalue weighted by molar-refractivity contribution is -0.138. The molecule has 0 aromatic carbocycles. The number of hydrogen-bond donors (Lipinski definition) is 1. The van der Waals surface area contributed by atoms with Crippen LogP contribution in [0, 0.1) is 5.92 Å². The fraction of sp³-hybridized carbons (Fsp3) is 0.643. The molecule has 0 radical (unpaired) electrons. The van der Waals surface area contributed by atoms with Gasteiger partial charge in [0.1, 0.15) is 0 Å². The van der Waals surface area contributed by atoms with Crippen molar-refractivity contribution in [3.05, 3.63) is 22.4 Å². The molecule has 0 amide bonds. The van der Waals surface area contributed by atoms with Gasteiger partial charge in [0.25, 0.3) is 0 Å². The summed E-state index contributed by atoms with van der Waals surface area (Å²) in [6.07, 6.45) is 2.78. The first kappa shape index (κ1) is 13.6. The second-order valence-corrected chi connectivity index (χ2v) is 6.05. The molecular weight excluding hydrogens is 246 g/mol. The van der Waals surface area contributed by atoms with Crippen molar-refractivity contribution in [3.63, 3.8) is 0 Å². The zero-order valence-electron chi connectivity index (χ0n) is 11.0. The van der Waals surface area contributed by atoms with Crippen LogP contribution in [0.4, 0.5) is 0 Å². The normalized spacial score (nSPS) is 18.8. The summed E-state index contributed by atoms with van der Waals surface area (Å²) in [4.78, 5) is 14.6. The van der Waals surface area contributed by atoms with Gasteiger partial charge in [-0.25, -0.2) is 0 Å². The molecule has 1 aliphatic rings. The number of nitrogens with zero attached hydrogens (tertiary/aromatic N) is 1. The highest BCUT2D eigenvalue weighted by atomic mass is 32.1. The Morgan fingerprint density at radius 3 is 2.78 bits per heavy atom. The van der Waals surface area contributed by atoms with Crippen molar-refractivity contribution in [2.45, 2.75) is 45.2 Å². The molecule has 0 bridgehead atoms. The van der Waals surface area contributed by atoms with Gasteiger partial charge >= 0.3 is 5.97 Å². The number of thiophene rings is 1. The van der Waals surface area contributed by atoms with Crippen molar-refractivity contribution >= 4 is 17.3 Å². The van der Waals surface area contributed by atoms with Crippen molar-refractivity contribution < 1.29 is 9.90 Å². The lowest BCUT2D eigenvalue weighted by Gasteiger charge is -2.35. The Balaban J connectivity index is 2.14. The van der Waals surface area contributed by atoms with Crippen LogP contribution in [0.1, 0.15) is 44.0 Å². The van der Waals surface area contributed by atoms with Crippen molar-refractivity contribution in [1.82, 2.24) is 4.90 Å². The predicted octanol–water partition coefficient (Wildman–Crippen LogP) is 3.38. The maximum absolute atomic E-state index is 10.9. The van der Waals surface area contributed by atoms with Gasteiger partial charge in [0, 0.05) is 17.0 Å². The molecule has 1 heterocycles. The molecule has 0 aliphatic heterocycles. The minimum Gasteiger partial charge on any atom is -0.481 e. The first-order valence-corrected chi connectivity index (χ1v) is 7.52. The van der Waals surface area contributed by atoms with Gasteiger partial charge in [0.2, 0.25) is 0 Å². The van der Waals surface area contributed by atoms with Gasteiger partial charge in [-0.1, -0.05) is 13.0 Å². The Hall–Kier alpha value is -0.870. The van der Waals surface area contributed by atoms with Crippen LogP contribution in [0.15, 0.2) is 17.5 Å². The smallest absolute Gasteiger partial charge is 0.304 e. The molecule has 100 valence electrons. The van der Waals surface area contributed by atoms with Gasteiger partial charge in [-0.3, -0.25) is 9.69 Å². The second kappa shape index (κ2) is 5.85. The lowest BCUT2D eigenvalue weighted by Crippen LogP contribution is -2.38. The molecule has 4 heteroatoms. The molecule has 2 unspecified atom stereocenters. The number of hydrogen-bond acceptors (Lipinski definition) is 3. The summed E-state index contributed by atoms with van der Waals surface area (Å²) in [5, 5.41) is 11.1. The van der Waals surface area contributed by atoms with Crippen LogP contribution >= 0.6 is 11.3 Å². The van der Waals surface area contributed by atoms with Gasteiger partial charge in [-0.15, -0.1) is 11.3 Å². The van der Waals surface area contributed by atoms with E-state index in [1.165, 1.54) is 17.7 Å². The quantitative estimate of drug-likeness (QED) is 0.823. The Morgan fingerprint density at radius 1 is 1.61 bits per heavy atom. The lowest BCUT2D eigenvalue weighted by atomic mass is 10.0. The highest BCUT2D eigenvalue weighted by Crippen LogP contribution is 2.46. The van der Waals surface area contributed by atoms with Crippen LogP contribution in [0.25, 0.3) is 0 Å². The summed E-state index contributed by atoms with van der Waals surface area (Å²) in [5.41, 5.74) is 0. The van der Waals surface area contributed by atoms with E-state index in [1.54, 1.807) is 11.3 Å². The number of carbonyl (C=O) groups is 1. The molecular formula is C14H21NO2S. The average Bonchev–Trinajstić information content (AvgIpc) is 2.99. The van der Waals surface area contributed by atoms with Crippen LogP contribution < -0.4 is 0 Å². The third-order valence-corrected chi connectivity index (χ3v) is 4.60. The highest BCUT2D eigenvalue weighted by Gasteiger charge is 2.38. The van der Waals surface area contributed by atoms with Crippen LogP contribution in [0.5, 0.6) is 0 Å². The van der Waals surface area contributed by atoms with Crippen LogP contribution in [0.3, 0.4) is 0 Å². The van der Waals surface area contributed by atoms with Crippen LogP contribution in [0.2, 0.25) is 0 Å². The van der Waals surface area contributed by atoms with E-state index in [0.717, 1.165) is 12.5 Å². The molecule has 18 heavy (non-hydrogen) atoms. The Labute approximate surface area is 112 Å². The molecule has 1 saturated carbocycles. The number of carboxylic acids is 1. The molecule has 1 aliphatic carbocycles. The van der Waals surface area contributed by atoms with E-state index >= 15 is 0 Å². The maximum atomic E-state index is 10.9. The fourth-order valence-corrected chi connectivity index (χ4v) is 3.63. The first-order chi connectivity index (χ1) is 8.63. The van der Waals surface area contributed by atoms with Crippen molar-refractivity contribution in [1.29, 1.82) is 0 Å². The SMILES string of the molecule is CCN(C(C)CC(=O)O)C(c1cccs1)C1CC1. The van der Waals surface area contributed by atoms with Gasteiger partial charge in [-0.2, -0.15) is 0 Å². The Bertz CT molecular complexity index is 387. The minimum absolute atomic E-state index is 0.0974. The van der Waals surface area contributed by atoms with Gasteiger partial charge < -0.3 is 5.11 Å². The maximum Gasteiger partial charge on any atom is 0.304 e. The van der Waals surface area contributed by atoms with E-state index < -0.39 is 5.97 Å². The van der Waals surface area contributed by atoms with Crippen LogP contribution in [-0.2, 0) is 4.79 Å². The van der Waals surface area contributed by atoms with Crippen molar-refractivity contribution in [3.8, 4) is 0 Å². The van der Waals surface area contributed by atoms with E-state index in [4.69, 9.17) is 5.11 Å². The van der Waals surface area contributed by atoms with Crippen LogP contribution in [-0.4, -0.2) is 28.6 Å². The number of carboxylic acid groups (broad SMARTS) is 1. The molecule has 2 atom stereocenters. The second-order valence-electron chi connectivity index (χ2n) is 5.08. The van der Waals surface area contributed by atoms with Gasteiger partial charge in [0.05, 0.1) is 6.42 Å². The summed E-state index contributed by atoms with van der Waals surface area (Å²) in [7, 11) is 0.